The van der Waals surface area contributed by atoms with Crippen LogP contribution in [0.5, 0.6) is 0 Å². The minimum Gasteiger partial charge on any atom is -0.454 e. The molecule has 0 spiro atoms. The van der Waals surface area contributed by atoms with Gasteiger partial charge in [-0.3, -0.25) is 14.4 Å². The molecule has 2 aromatic carbocycles. The highest BCUT2D eigenvalue weighted by atomic mass is 32.2. The van der Waals surface area contributed by atoms with Gasteiger partial charge in [0.25, 0.3) is 5.91 Å². The molecule has 2 N–H and O–H groups in total. The van der Waals surface area contributed by atoms with Gasteiger partial charge in [-0.15, -0.1) is 0 Å². The van der Waals surface area contributed by atoms with Crippen molar-refractivity contribution in [1.29, 1.82) is 0 Å². The molecule has 0 aromatic heterocycles. The zero-order chi connectivity index (χ0) is 24.9. The summed E-state index contributed by atoms with van der Waals surface area (Å²) in [7, 11) is -3.95. The summed E-state index contributed by atoms with van der Waals surface area (Å²) < 4.78 is 32.8. The van der Waals surface area contributed by atoms with Crippen molar-refractivity contribution >= 4 is 39.2 Å². The maximum absolute atomic E-state index is 12.7. The number of carbonyl (C=O) groups excluding carboxylic acids is 3. The monoisotopic (exact) mass is 487 g/mol. The van der Waals surface area contributed by atoms with Crippen LogP contribution in [0.15, 0.2) is 53.4 Å². The van der Waals surface area contributed by atoms with E-state index in [1.54, 1.807) is 55.1 Å². The van der Waals surface area contributed by atoms with Crippen molar-refractivity contribution in [2.75, 3.05) is 23.4 Å². The van der Waals surface area contributed by atoms with Crippen molar-refractivity contribution in [2.45, 2.75) is 44.6 Å². The molecule has 34 heavy (non-hydrogen) atoms. The Balaban J connectivity index is 1.59. The molecular weight excluding hydrogens is 458 g/mol. The highest BCUT2D eigenvalue weighted by molar-refractivity contribution is 7.89. The van der Waals surface area contributed by atoms with Gasteiger partial charge in [0.1, 0.15) is 6.04 Å². The number of hydrogen-bond donors (Lipinski definition) is 2. The number of ether oxygens (including phenoxy) is 1. The second-order valence-electron chi connectivity index (χ2n) is 8.51. The minimum absolute atomic E-state index is 0.0326. The number of aryl methyl sites for hydroxylation is 1. The average Bonchev–Trinajstić information content (AvgIpc) is 3.22. The highest BCUT2D eigenvalue weighted by Crippen LogP contribution is 2.24. The van der Waals surface area contributed by atoms with Crippen molar-refractivity contribution in [3.8, 4) is 0 Å². The van der Waals surface area contributed by atoms with E-state index in [9.17, 15) is 22.8 Å². The Morgan fingerprint density at radius 3 is 2.44 bits per heavy atom. The van der Waals surface area contributed by atoms with Gasteiger partial charge >= 0.3 is 5.97 Å². The summed E-state index contributed by atoms with van der Waals surface area (Å²) in [6.07, 6.45) is 1.29. The van der Waals surface area contributed by atoms with Crippen LogP contribution in [-0.2, 0) is 29.1 Å². The maximum Gasteiger partial charge on any atom is 0.324 e. The first-order valence-electron chi connectivity index (χ1n) is 11.0. The van der Waals surface area contributed by atoms with E-state index >= 15 is 0 Å². The standard InChI is InChI=1S/C24H29N3O6S/c1-16(2)23(26-34(31,32)20-11-9-17(3)10-12-20)24(30)33-15-21(28)25-18-6-4-7-19(14-18)27-13-5-8-22(27)29/h4,6-7,9-12,14,16,23,26H,5,8,13,15H2,1-3H3,(H,25,28)/t23-/m0/s1. The normalized spacial score (nSPS) is 14.8. The Hall–Kier alpha value is -3.24. The van der Waals surface area contributed by atoms with Crippen molar-refractivity contribution < 1.29 is 27.5 Å². The summed E-state index contributed by atoms with van der Waals surface area (Å²) in [5.74, 6) is -1.81. The van der Waals surface area contributed by atoms with Gasteiger partial charge in [0, 0.05) is 24.3 Å². The van der Waals surface area contributed by atoms with Crippen molar-refractivity contribution in [3.63, 3.8) is 0 Å². The number of nitrogens with zero attached hydrogens (tertiary/aromatic N) is 1. The van der Waals surface area contributed by atoms with Crippen LogP contribution < -0.4 is 14.9 Å². The van der Waals surface area contributed by atoms with E-state index in [2.05, 4.69) is 10.0 Å². The molecule has 1 aliphatic heterocycles. The van der Waals surface area contributed by atoms with E-state index in [1.165, 1.54) is 12.1 Å². The Kier molecular flexibility index (Phi) is 8.06. The predicted octanol–water partition coefficient (Wildman–Crippen LogP) is 2.61. The van der Waals surface area contributed by atoms with Crippen molar-refractivity contribution in [3.05, 3.63) is 54.1 Å². The molecule has 0 radical (unpaired) electrons. The largest absolute Gasteiger partial charge is 0.454 e. The van der Waals surface area contributed by atoms with Gasteiger partial charge in [0.2, 0.25) is 15.9 Å². The topological polar surface area (TPSA) is 122 Å². The van der Waals surface area contributed by atoms with Crippen LogP contribution in [-0.4, -0.2) is 45.4 Å². The van der Waals surface area contributed by atoms with E-state index in [0.717, 1.165) is 12.0 Å². The lowest BCUT2D eigenvalue weighted by Gasteiger charge is -2.21. The van der Waals surface area contributed by atoms with Gasteiger partial charge in [0.15, 0.2) is 6.61 Å². The molecule has 1 aliphatic rings. The number of benzene rings is 2. The van der Waals surface area contributed by atoms with Gasteiger partial charge in [-0.2, -0.15) is 4.72 Å². The molecule has 0 saturated carbocycles. The molecule has 1 fully saturated rings. The predicted molar refractivity (Wildman–Crippen MR) is 128 cm³/mol. The fourth-order valence-corrected chi connectivity index (χ4v) is 4.84. The molecule has 2 amide bonds. The van der Waals surface area contributed by atoms with Crippen LogP contribution in [0.1, 0.15) is 32.3 Å². The molecule has 1 heterocycles. The fraction of sp³-hybridized carbons (Fsp3) is 0.375. The number of hydrogen-bond acceptors (Lipinski definition) is 6. The molecular formula is C24H29N3O6S. The zero-order valence-electron chi connectivity index (χ0n) is 19.4. The molecule has 0 aliphatic carbocycles. The first kappa shape index (κ1) is 25.4. The van der Waals surface area contributed by atoms with Crippen LogP contribution >= 0.6 is 0 Å². The SMILES string of the molecule is Cc1ccc(S(=O)(=O)N[C@H](C(=O)OCC(=O)Nc2cccc(N3CCCC3=O)c2)C(C)C)cc1. The fourth-order valence-electron chi connectivity index (χ4n) is 3.51. The number of esters is 1. The van der Waals surface area contributed by atoms with E-state index in [0.29, 0.717) is 24.3 Å². The van der Waals surface area contributed by atoms with Crippen LogP contribution in [0.4, 0.5) is 11.4 Å². The summed E-state index contributed by atoms with van der Waals surface area (Å²) in [6, 6.07) is 11.9. The van der Waals surface area contributed by atoms with Crippen LogP contribution in [0.3, 0.4) is 0 Å². The van der Waals surface area contributed by atoms with Crippen LogP contribution in [0, 0.1) is 12.8 Å². The maximum atomic E-state index is 12.7. The van der Waals surface area contributed by atoms with E-state index < -0.39 is 40.5 Å². The third-order valence-corrected chi connectivity index (χ3v) is 6.85. The summed E-state index contributed by atoms with van der Waals surface area (Å²) >= 11 is 0. The Labute approximate surface area is 199 Å². The first-order chi connectivity index (χ1) is 16.1. The number of nitrogens with one attached hydrogen (secondary N) is 2. The molecule has 1 atom stereocenters. The lowest BCUT2D eigenvalue weighted by Crippen LogP contribution is -2.45. The smallest absolute Gasteiger partial charge is 0.324 e. The molecule has 0 bridgehead atoms. The third kappa shape index (κ3) is 6.42. The molecule has 2 aromatic rings. The van der Waals surface area contributed by atoms with E-state index in [4.69, 9.17) is 4.74 Å². The van der Waals surface area contributed by atoms with Crippen LogP contribution in [0.25, 0.3) is 0 Å². The highest BCUT2D eigenvalue weighted by Gasteiger charge is 2.30. The van der Waals surface area contributed by atoms with Gasteiger partial charge in [-0.05, 0) is 49.6 Å². The Bertz CT molecular complexity index is 1160. The third-order valence-electron chi connectivity index (χ3n) is 5.39. The summed E-state index contributed by atoms with van der Waals surface area (Å²) in [5.41, 5.74) is 2.05. The van der Waals surface area contributed by atoms with Gasteiger partial charge < -0.3 is 15.0 Å². The molecule has 3 rings (SSSR count). The average molecular weight is 488 g/mol. The first-order valence-corrected chi connectivity index (χ1v) is 12.5. The number of amides is 2. The number of carbonyl (C=O) groups is 3. The number of rotatable bonds is 9. The second kappa shape index (κ2) is 10.8. The zero-order valence-corrected chi connectivity index (χ0v) is 20.2. The molecule has 1 saturated heterocycles. The van der Waals surface area contributed by atoms with Crippen LogP contribution in [0.2, 0.25) is 0 Å². The summed E-state index contributed by atoms with van der Waals surface area (Å²) in [4.78, 5) is 38.6. The second-order valence-corrected chi connectivity index (χ2v) is 10.2. The minimum atomic E-state index is -3.95. The van der Waals surface area contributed by atoms with Gasteiger partial charge in [-0.1, -0.05) is 37.6 Å². The number of sulfonamides is 1. The summed E-state index contributed by atoms with van der Waals surface area (Å²) in [5, 5.41) is 2.63. The quantitative estimate of drug-likeness (QED) is 0.525. The Morgan fingerprint density at radius 2 is 1.82 bits per heavy atom. The van der Waals surface area contributed by atoms with Crippen molar-refractivity contribution in [1.82, 2.24) is 4.72 Å². The lowest BCUT2D eigenvalue weighted by molar-refractivity contribution is -0.150. The van der Waals surface area contributed by atoms with Gasteiger partial charge in [-0.25, -0.2) is 8.42 Å². The van der Waals surface area contributed by atoms with E-state index in [1.807, 2.05) is 6.92 Å². The molecule has 9 nitrogen and oxygen atoms in total. The molecule has 10 heteroatoms. The van der Waals surface area contributed by atoms with Gasteiger partial charge in [0.05, 0.1) is 4.90 Å². The Morgan fingerprint density at radius 1 is 1.12 bits per heavy atom. The number of anilines is 2. The lowest BCUT2D eigenvalue weighted by atomic mass is 10.1. The molecule has 0 unspecified atom stereocenters. The van der Waals surface area contributed by atoms with E-state index in [-0.39, 0.29) is 10.8 Å². The van der Waals surface area contributed by atoms with Crippen molar-refractivity contribution in [2.24, 2.45) is 5.92 Å². The summed E-state index contributed by atoms with van der Waals surface area (Å²) in [6.45, 7) is 5.24. The molecule has 182 valence electrons.